The number of aliphatic hydroxyl groups is 1. The number of aryl methyl sites for hydroxylation is 1. The molecule has 12 heteroatoms. The molecule has 0 unspecified atom stereocenters. The second-order valence-corrected chi connectivity index (χ2v) is 12.2. The molecule has 4 aromatic carbocycles. The molecule has 3 N–H and O–H groups in total. The third kappa shape index (κ3) is 8.35. The minimum Gasteiger partial charge on any atom is -0.457 e. The van der Waals surface area contributed by atoms with Gasteiger partial charge in [-0.2, -0.15) is 0 Å². The monoisotopic (exact) mass is 652 g/mol. The van der Waals surface area contributed by atoms with Crippen LogP contribution >= 0.6 is 11.8 Å². The predicted molar refractivity (Wildman–Crippen MR) is 178 cm³/mol. The maximum atomic E-state index is 12.6. The maximum absolute atomic E-state index is 12.6. The zero-order valence-electron chi connectivity index (χ0n) is 26.0. The number of amides is 2. The summed E-state index contributed by atoms with van der Waals surface area (Å²) < 4.78 is 20.5. The number of nitrogens with zero attached hydrogens (tertiary/aromatic N) is 4. The number of hydrogen-bond acceptors (Lipinski definition) is 9. The van der Waals surface area contributed by atoms with Crippen LogP contribution in [0.1, 0.15) is 41.6 Å². The van der Waals surface area contributed by atoms with Gasteiger partial charge >= 0.3 is 6.03 Å². The molecule has 6 rings (SSSR count). The summed E-state index contributed by atoms with van der Waals surface area (Å²) >= 11 is 1.54. The van der Waals surface area contributed by atoms with Crippen LogP contribution in [0.25, 0.3) is 0 Å². The lowest BCUT2D eigenvalue weighted by Crippen LogP contribution is -2.38. The van der Waals surface area contributed by atoms with E-state index in [-0.39, 0.29) is 30.8 Å². The lowest BCUT2D eigenvalue weighted by atomic mass is 9.91. The highest BCUT2D eigenvalue weighted by Crippen LogP contribution is 2.42. The van der Waals surface area contributed by atoms with Crippen LogP contribution in [0.15, 0.2) is 108 Å². The molecular formula is C35H36N6O5S. The summed E-state index contributed by atoms with van der Waals surface area (Å²) in [5, 5.41) is 27.7. The molecule has 47 heavy (non-hydrogen) atoms. The van der Waals surface area contributed by atoms with Crippen LogP contribution in [0.5, 0.6) is 11.5 Å². The van der Waals surface area contributed by atoms with Crippen LogP contribution in [0.4, 0.5) is 10.5 Å². The Hall–Kier alpha value is -4.75. The van der Waals surface area contributed by atoms with Crippen LogP contribution in [0.3, 0.4) is 0 Å². The number of aliphatic hydroxyl groups excluding tert-OH is 1. The summed E-state index contributed by atoms with van der Waals surface area (Å²) in [4.78, 5) is 12.6. The van der Waals surface area contributed by atoms with Gasteiger partial charge in [-0.25, -0.2) is 9.48 Å². The quantitative estimate of drug-likeness (QED) is 0.139. The second kappa shape index (κ2) is 15.2. The third-order valence-electron chi connectivity index (χ3n) is 7.88. The molecule has 4 atom stereocenters. The number of tetrazole rings is 1. The number of hydrogen-bond donors (Lipinski definition) is 3. The number of benzene rings is 4. The first-order valence-electron chi connectivity index (χ1n) is 15.3. The van der Waals surface area contributed by atoms with Crippen LogP contribution in [-0.4, -0.2) is 43.2 Å². The molecule has 1 aliphatic rings. The zero-order chi connectivity index (χ0) is 32.6. The fourth-order valence-corrected chi connectivity index (χ4v) is 6.20. The van der Waals surface area contributed by atoms with E-state index in [9.17, 15) is 9.90 Å². The minimum atomic E-state index is -0.601. The number of carbonyl (C=O) groups excluding carboxylic acids is 1. The van der Waals surface area contributed by atoms with Crippen LogP contribution in [0.2, 0.25) is 0 Å². The van der Waals surface area contributed by atoms with Crippen LogP contribution in [-0.2, 0) is 29.7 Å². The Kier molecular flexibility index (Phi) is 10.4. The molecule has 0 aliphatic carbocycles. The van der Waals surface area contributed by atoms with E-state index >= 15 is 0 Å². The number of para-hydroxylation sites is 1. The molecule has 1 saturated heterocycles. The van der Waals surface area contributed by atoms with Crippen molar-refractivity contribution in [3.8, 4) is 11.5 Å². The summed E-state index contributed by atoms with van der Waals surface area (Å²) in [5.41, 5.74) is 4.32. The second-order valence-electron chi connectivity index (χ2n) is 11.2. The average Bonchev–Trinajstić information content (AvgIpc) is 3.52. The highest BCUT2D eigenvalue weighted by Gasteiger charge is 2.38. The van der Waals surface area contributed by atoms with Crippen molar-refractivity contribution in [1.82, 2.24) is 25.5 Å². The van der Waals surface area contributed by atoms with Crippen molar-refractivity contribution in [3.05, 3.63) is 125 Å². The fraction of sp³-hybridized carbons (Fsp3) is 0.257. The van der Waals surface area contributed by atoms with Gasteiger partial charge in [-0.3, -0.25) is 0 Å². The number of urea groups is 1. The van der Waals surface area contributed by atoms with Gasteiger partial charge in [-0.05, 0) is 63.5 Å². The van der Waals surface area contributed by atoms with Gasteiger partial charge in [0.15, 0.2) is 6.29 Å². The van der Waals surface area contributed by atoms with E-state index in [4.69, 9.17) is 14.2 Å². The molecule has 0 saturated carbocycles. The molecule has 242 valence electrons. The van der Waals surface area contributed by atoms with Gasteiger partial charge in [0, 0.05) is 36.5 Å². The molecular weight excluding hydrogens is 616 g/mol. The molecule has 0 spiro atoms. The highest BCUT2D eigenvalue weighted by atomic mass is 32.2. The Morgan fingerprint density at radius 3 is 2.26 bits per heavy atom. The summed E-state index contributed by atoms with van der Waals surface area (Å²) in [6.07, 6.45) is -0.980. The normalized spacial score (nSPS) is 19.2. The molecule has 2 amide bonds. The first-order chi connectivity index (χ1) is 22.9. The molecule has 5 aromatic rings. The fourth-order valence-electron chi connectivity index (χ4n) is 5.19. The largest absolute Gasteiger partial charge is 0.457 e. The molecule has 11 nitrogen and oxygen atoms in total. The van der Waals surface area contributed by atoms with Crippen molar-refractivity contribution in [2.45, 2.75) is 43.7 Å². The van der Waals surface area contributed by atoms with Gasteiger partial charge in [-0.15, -0.1) is 5.10 Å². The van der Waals surface area contributed by atoms with E-state index in [1.54, 1.807) is 16.8 Å². The van der Waals surface area contributed by atoms with E-state index in [2.05, 4.69) is 33.1 Å². The number of ether oxygens (including phenoxy) is 3. The van der Waals surface area contributed by atoms with E-state index in [0.717, 1.165) is 28.0 Å². The number of rotatable bonds is 11. The Labute approximate surface area is 277 Å². The summed E-state index contributed by atoms with van der Waals surface area (Å²) in [5.74, 6) is 2.10. The molecule has 1 aliphatic heterocycles. The lowest BCUT2D eigenvalue weighted by molar-refractivity contribution is -0.268. The third-order valence-corrected chi connectivity index (χ3v) is 8.98. The van der Waals surface area contributed by atoms with Gasteiger partial charge in [0.1, 0.15) is 11.5 Å². The molecule has 0 bridgehead atoms. The molecule has 2 heterocycles. The van der Waals surface area contributed by atoms with Crippen LogP contribution in [0, 0.1) is 5.92 Å². The van der Waals surface area contributed by atoms with Crippen molar-refractivity contribution in [3.63, 3.8) is 0 Å². The van der Waals surface area contributed by atoms with Gasteiger partial charge < -0.3 is 30.0 Å². The van der Waals surface area contributed by atoms with E-state index in [0.29, 0.717) is 28.9 Å². The van der Waals surface area contributed by atoms with Crippen molar-refractivity contribution >= 4 is 23.5 Å². The van der Waals surface area contributed by atoms with Gasteiger partial charge in [0.05, 0.1) is 18.8 Å². The number of carbonyl (C=O) groups is 1. The summed E-state index contributed by atoms with van der Waals surface area (Å²) in [7, 11) is 1.81. The lowest BCUT2D eigenvalue weighted by Gasteiger charge is -2.41. The summed E-state index contributed by atoms with van der Waals surface area (Å²) in [6, 6.07) is 32.1. The number of thioether (sulfide) groups is 1. The Morgan fingerprint density at radius 2 is 1.57 bits per heavy atom. The highest BCUT2D eigenvalue weighted by molar-refractivity contribution is 7.99. The van der Waals surface area contributed by atoms with Gasteiger partial charge in [0.2, 0.25) is 5.16 Å². The Morgan fingerprint density at radius 1 is 0.894 bits per heavy atom. The Bertz CT molecular complexity index is 1740. The van der Waals surface area contributed by atoms with Crippen molar-refractivity contribution < 1.29 is 24.1 Å². The summed E-state index contributed by atoms with van der Waals surface area (Å²) in [6.45, 7) is 2.45. The number of aromatic nitrogens is 4. The topological polar surface area (TPSA) is 133 Å². The zero-order valence-corrected chi connectivity index (χ0v) is 26.8. The van der Waals surface area contributed by atoms with Gasteiger partial charge in [0.25, 0.3) is 0 Å². The molecule has 0 radical (unpaired) electrons. The SMILES string of the molecule is C[C@@H]1[C@H](CSc2nnnn2C)O[C@H](c2ccc(CNC(=O)Nc3ccc(Oc4ccccc4)cc3)cc2)O[C@@H]1c1ccc(CO)cc1. The average molecular weight is 653 g/mol. The Balaban J connectivity index is 1.07. The van der Waals surface area contributed by atoms with Crippen molar-refractivity contribution in [2.24, 2.45) is 13.0 Å². The minimum absolute atomic E-state index is 0.0152. The smallest absolute Gasteiger partial charge is 0.319 e. The molecule has 1 fully saturated rings. The maximum Gasteiger partial charge on any atom is 0.319 e. The van der Waals surface area contributed by atoms with Crippen molar-refractivity contribution in [1.29, 1.82) is 0 Å². The standard InChI is InChI=1S/C35H36N6O5S/c1-23-31(22-47-35-38-39-40-41(35)2)45-33(46-32(23)26-12-10-25(21-42)11-13-26)27-14-8-24(9-15-27)20-36-34(43)37-28-16-18-30(19-17-28)44-29-6-4-3-5-7-29/h3-19,23,31-33,42H,20-22H2,1-2H3,(H2,36,37,43)/t23-,31+,32+,33+/m1/s1. The first kappa shape index (κ1) is 32.2. The van der Waals surface area contributed by atoms with E-state index in [1.165, 1.54) is 11.8 Å². The first-order valence-corrected chi connectivity index (χ1v) is 16.3. The number of anilines is 1. The van der Waals surface area contributed by atoms with Crippen molar-refractivity contribution in [2.75, 3.05) is 11.1 Å². The van der Waals surface area contributed by atoms with E-state index < -0.39 is 6.29 Å². The van der Waals surface area contributed by atoms with Crippen LogP contribution < -0.4 is 15.4 Å². The number of nitrogens with one attached hydrogen (secondary N) is 2. The van der Waals surface area contributed by atoms with Gasteiger partial charge in [-0.1, -0.05) is 85.4 Å². The molecule has 1 aromatic heterocycles. The van der Waals surface area contributed by atoms with E-state index in [1.807, 2.05) is 98.0 Å². The predicted octanol–water partition coefficient (Wildman–Crippen LogP) is 6.40.